The minimum Gasteiger partial charge on any atom is -0.451 e. The Balaban J connectivity index is 1.64. The largest absolute Gasteiger partial charge is 0.451 e. The fourth-order valence-electron chi connectivity index (χ4n) is 5.03. The van der Waals surface area contributed by atoms with E-state index in [2.05, 4.69) is 66.3 Å². The van der Waals surface area contributed by atoms with Crippen molar-refractivity contribution in [2.24, 2.45) is 0 Å². The highest BCUT2D eigenvalue weighted by atomic mass is 16.3. The predicted octanol–water partition coefficient (Wildman–Crippen LogP) is 6.09. The first kappa shape index (κ1) is 18.3. The molecule has 0 saturated heterocycles. The molecule has 6 rings (SSSR count). The van der Waals surface area contributed by atoms with Crippen LogP contribution < -0.4 is 0 Å². The Morgan fingerprint density at radius 2 is 1.62 bits per heavy atom. The summed E-state index contributed by atoms with van der Waals surface area (Å²) in [4.78, 5) is 8.32. The van der Waals surface area contributed by atoms with Gasteiger partial charge in [-0.1, -0.05) is 62.4 Å². The molecule has 5 nitrogen and oxygen atoms in total. The summed E-state index contributed by atoms with van der Waals surface area (Å²) < 4.78 is 5.89. The molecule has 2 heterocycles. The number of fused-ring (bicyclic) bond motifs is 6. The van der Waals surface area contributed by atoms with Crippen LogP contribution in [0.2, 0.25) is 0 Å². The third-order valence-corrected chi connectivity index (χ3v) is 6.41. The predicted molar refractivity (Wildman–Crippen MR) is 122 cm³/mol. The van der Waals surface area contributed by atoms with E-state index in [4.69, 9.17) is 4.42 Å². The fourth-order valence-corrected chi connectivity index (χ4v) is 5.03. The van der Waals surface area contributed by atoms with Crippen LogP contribution in [0, 0.1) is 22.7 Å². The normalized spacial score (nSPS) is 13.5. The van der Waals surface area contributed by atoms with Crippen LogP contribution in [-0.4, -0.2) is 9.97 Å². The molecule has 0 bridgehead atoms. The molecule has 3 aromatic carbocycles. The summed E-state index contributed by atoms with van der Waals surface area (Å²) in [6.45, 7) is 4.52. The maximum absolute atomic E-state index is 9.45. The average Bonchev–Trinajstić information content (AvgIpc) is 3.31. The smallest absolute Gasteiger partial charge is 0.234 e. The second-order valence-corrected chi connectivity index (χ2v) is 8.51. The molecule has 0 radical (unpaired) electrons. The lowest BCUT2D eigenvalue weighted by Gasteiger charge is -2.24. The maximum atomic E-state index is 9.45. The van der Waals surface area contributed by atoms with Crippen molar-refractivity contribution in [3.05, 3.63) is 83.3 Å². The number of aromatic nitrogens is 2. The van der Waals surface area contributed by atoms with Crippen LogP contribution in [0.15, 0.2) is 65.1 Å². The van der Waals surface area contributed by atoms with Gasteiger partial charge in [0.05, 0.1) is 0 Å². The van der Waals surface area contributed by atoms with Gasteiger partial charge in [-0.25, -0.2) is 9.97 Å². The van der Waals surface area contributed by atoms with Crippen molar-refractivity contribution in [1.82, 2.24) is 9.97 Å². The monoisotopic (exact) mass is 412 g/mol. The van der Waals surface area contributed by atoms with Gasteiger partial charge < -0.3 is 4.42 Å². The zero-order valence-electron chi connectivity index (χ0n) is 17.5. The molecule has 150 valence electrons. The Kier molecular flexibility index (Phi) is 3.58. The molecule has 0 spiro atoms. The highest BCUT2D eigenvalue weighted by Crippen LogP contribution is 2.52. The zero-order chi connectivity index (χ0) is 22.0. The molecule has 5 heteroatoms. The fraction of sp³-hybridized carbons (Fsp3) is 0.111. The molecule has 1 aliphatic rings. The first-order chi connectivity index (χ1) is 15.5. The van der Waals surface area contributed by atoms with Crippen LogP contribution in [-0.2, 0) is 5.41 Å². The van der Waals surface area contributed by atoms with Crippen LogP contribution in [0.5, 0.6) is 0 Å². The van der Waals surface area contributed by atoms with E-state index in [0.717, 1.165) is 16.5 Å². The van der Waals surface area contributed by atoms with E-state index < -0.39 is 0 Å². The summed E-state index contributed by atoms with van der Waals surface area (Å²) in [6, 6.07) is 24.9. The maximum Gasteiger partial charge on any atom is 0.234 e. The minimum absolute atomic E-state index is 0.0423. The molecule has 0 fully saturated rings. The van der Waals surface area contributed by atoms with Crippen LogP contribution in [0.3, 0.4) is 0 Å². The van der Waals surface area contributed by atoms with E-state index in [1.165, 1.54) is 22.3 Å². The van der Waals surface area contributed by atoms with Gasteiger partial charge in [0.1, 0.15) is 23.2 Å². The minimum atomic E-state index is -0.139. The number of hydrogen-bond acceptors (Lipinski definition) is 5. The quantitative estimate of drug-likeness (QED) is 0.332. The Hall–Kier alpha value is -4.48. The van der Waals surface area contributed by atoms with Gasteiger partial charge in [0, 0.05) is 10.8 Å². The molecule has 32 heavy (non-hydrogen) atoms. The second-order valence-electron chi connectivity index (χ2n) is 8.51. The van der Waals surface area contributed by atoms with E-state index >= 15 is 0 Å². The van der Waals surface area contributed by atoms with E-state index in [1.807, 2.05) is 30.3 Å². The molecule has 0 amide bonds. The van der Waals surface area contributed by atoms with E-state index in [0.29, 0.717) is 16.7 Å². The first-order valence-electron chi connectivity index (χ1n) is 10.3. The molecular formula is C27H16N4O. The SMILES string of the molecule is CC1(C)c2ccccc2-c2cccc(-c3ccc4oc5c(C#N)nc(C#N)nc5c4c3)c21. The first-order valence-corrected chi connectivity index (χ1v) is 10.3. The van der Waals surface area contributed by atoms with Gasteiger partial charge in [-0.15, -0.1) is 0 Å². The van der Waals surface area contributed by atoms with Gasteiger partial charge in [0.25, 0.3) is 0 Å². The van der Waals surface area contributed by atoms with Gasteiger partial charge in [-0.05, 0) is 45.5 Å². The summed E-state index contributed by atoms with van der Waals surface area (Å²) >= 11 is 0. The third-order valence-electron chi connectivity index (χ3n) is 6.41. The average molecular weight is 412 g/mol. The lowest BCUT2D eigenvalue weighted by atomic mass is 9.79. The van der Waals surface area contributed by atoms with E-state index in [9.17, 15) is 10.5 Å². The zero-order valence-corrected chi connectivity index (χ0v) is 17.5. The lowest BCUT2D eigenvalue weighted by Crippen LogP contribution is -2.16. The van der Waals surface area contributed by atoms with Crippen molar-refractivity contribution in [3.8, 4) is 34.4 Å². The molecular weight excluding hydrogens is 396 g/mol. The Labute approximate surface area is 184 Å². The number of rotatable bonds is 1. The summed E-state index contributed by atoms with van der Waals surface area (Å²) in [5.41, 5.74) is 8.66. The Morgan fingerprint density at radius 3 is 2.44 bits per heavy atom. The number of benzene rings is 3. The summed E-state index contributed by atoms with van der Waals surface area (Å²) in [6.07, 6.45) is 0. The highest BCUT2D eigenvalue weighted by Gasteiger charge is 2.37. The number of hydrogen-bond donors (Lipinski definition) is 0. The van der Waals surface area contributed by atoms with Crippen molar-refractivity contribution < 1.29 is 4.42 Å². The van der Waals surface area contributed by atoms with Crippen molar-refractivity contribution in [1.29, 1.82) is 10.5 Å². The molecule has 0 N–H and O–H groups in total. The molecule has 0 saturated carbocycles. The van der Waals surface area contributed by atoms with Crippen molar-refractivity contribution in [2.75, 3.05) is 0 Å². The number of nitrogens with zero attached hydrogens (tertiary/aromatic N) is 4. The third kappa shape index (κ3) is 2.31. The van der Waals surface area contributed by atoms with Crippen LogP contribution >= 0.6 is 0 Å². The molecule has 0 aliphatic heterocycles. The van der Waals surface area contributed by atoms with Crippen LogP contribution in [0.1, 0.15) is 36.5 Å². The van der Waals surface area contributed by atoms with Gasteiger partial charge in [0.15, 0.2) is 11.3 Å². The Morgan fingerprint density at radius 1 is 0.844 bits per heavy atom. The summed E-state index contributed by atoms with van der Waals surface area (Å²) in [7, 11) is 0. The standard InChI is InChI=1S/C27H16N4O/c1-27(2)20-9-4-3-6-17(20)18-8-5-7-16(24(18)27)15-10-11-22-19(12-15)25-26(32-22)21(13-28)30-23(14-29)31-25/h3-12H,1-2H3. The van der Waals surface area contributed by atoms with Gasteiger partial charge >= 0.3 is 0 Å². The summed E-state index contributed by atoms with van der Waals surface area (Å²) in [5, 5.41) is 19.5. The lowest BCUT2D eigenvalue weighted by molar-refractivity contribution is 0.662. The van der Waals surface area contributed by atoms with E-state index in [-0.39, 0.29) is 16.9 Å². The molecule has 2 aromatic heterocycles. The van der Waals surface area contributed by atoms with Crippen LogP contribution in [0.25, 0.3) is 44.3 Å². The molecule has 5 aromatic rings. The van der Waals surface area contributed by atoms with Gasteiger partial charge in [-0.3, -0.25) is 0 Å². The van der Waals surface area contributed by atoms with Crippen LogP contribution in [0.4, 0.5) is 0 Å². The molecule has 0 unspecified atom stereocenters. The van der Waals surface area contributed by atoms with E-state index in [1.54, 1.807) is 0 Å². The van der Waals surface area contributed by atoms with Gasteiger partial charge in [-0.2, -0.15) is 10.5 Å². The highest BCUT2D eigenvalue weighted by molar-refractivity contribution is 6.05. The second kappa shape index (κ2) is 6.26. The van der Waals surface area contributed by atoms with Gasteiger partial charge in [0.2, 0.25) is 5.82 Å². The van der Waals surface area contributed by atoms with Crippen molar-refractivity contribution in [2.45, 2.75) is 19.3 Å². The van der Waals surface area contributed by atoms with Crippen molar-refractivity contribution >= 4 is 22.1 Å². The molecule has 1 aliphatic carbocycles. The molecule has 0 atom stereocenters. The number of furan rings is 1. The number of nitriles is 2. The topological polar surface area (TPSA) is 86.5 Å². The van der Waals surface area contributed by atoms with Crippen molar-refractivity contribution in [3.63, 3.8) is 0 Å². The summed E-state index contributed by atoms with van der Waals surface area (Å²) in [5.74, 6) is -0.0423. The Bertz CT molecular complexity index is 1680.